The fourth-order valence-corrected chi connectivity index (χ4v) is 3.63. The van der Waals surface area contributed by atoms with Gasteiger partial charge in [0, 0.05) is 11.4 Å². The molecule has 44 heavy (non-hydrogen) atoms. The molecule has 0 aromatic carbocycles. The van der Waals surface area contributed by atoms with Crippen molar-refractivity contribution in [2.24, 2.45) is 0 Å². The largest absolute Gasteiger partial charge is 0.455 e. The summed E-state index contributed by atoms with van der Waals surface area (Å²) in [4.78, 5) is 11.6. The van der Waals surface area contributed by atoms with Crippen LogP contribution in [-0.4, -0.2) is 67.9 Å². The Morgan fingerprint density at radius 2 is 0.705 bits per heavy atom. The van der Waals surface area contributed by atoms with Gasteiger partial charge in [0.2, 0.25) is 11.9 Å². The molecule has 2 heterocycles. The zero-order valence-corrected chi connectivity index (χ0v) is 20.4. The fourth-order valence-electron chi connectivity index (χ4n) is 3.63. The molecule has 0 saturated heterocycles. The molecule has 0 aliphatic rings. The van der Waals surface area contributed by atoms with Gasteiger partial charge in [0.05, 0.1) is 0 Å². The van der Waals surface area contributed by atoms with E-state index in [-0.39, 0.29) is 11.4 Å². The van der Waals surface area contributed by atoms with Crippen molar-refractivity contribution >= 4 is 11.9 Å². The summed E-state index contributed by atoms with van der Waals surface area (Å²) in [7, 11) is 0. The van der Waals surface area contributed by atoms with Crippen molar-refractivity contribution in [2.75, 3.05) is 5.32 Å². The summed E-state index contributed by atoms with van der Waals surface area (Å²) >= 11 is 0. The lowest BCUT2D eigenvalue weighted by molar-refractivity contribution is -0.416. The second kappa shape index (κ2) is 10.3. The van der Waals surface area contributed by atoms with E-state index in [4.69, 9.17) is 0 Å². The van der Waals surface area contributed by atoms with E-state index >= 15 is 0 Å². The van der Waals surface area contributed by atoms with E-state index in [9.17, 15) is 87.8 Å². The molecule has 2 aromatic heterocycles. The lowest BCUT2D eigenvalue weighted by Gasteiger charge is -2.42. The quantitative estimate of drug-likeness (QED) is 0.328. The molecule has 1 N–H and O–H groups in total. The maximum atomic E-state index is 14.3. The van der Waals surface area contributed by atoms with E-state index < -0.39 is 77.4 Å². The Balaban J connectivity index is 3.40. The summed E-state index contributed by atoms with van der Waals surface area (Å²) < 4.78 is 274. The molecule has 0 aliphatic carbocycles. The molecule has 0 spiro atoms. The lowest BCUT2D eigenvalue weighted by atomic mass is 9.77. The summed E-state index contributed by atoms with van der Waals surface area (Å²) in [5.41, 5.74) is -16.3. The molecular formula is C18H8F20N6. The number of nitrogens with one attached hydrogen (secondary N) is 1. The molecular weight excluding hydrogens is 680 g/mol. The molecule has 250 valence electrons. The highest BCUT2D eigenvalue weighted by molar-refractivity contribution is 5.45. The number of aromatic nitrogens is 5. The minimum absolute atomic E-state index is 0.270. The summed E-state index contributed by atoms with van der Waals surface area (Å²) in [5.74, 6) is -21.0. The highest BCUT2D eigenvalue weighted by atomic mass is 19.4. The van der Waals surface area contributed by atoms with Crippen molar-refractivity contribution in [3.8, 4) is 0 Å². The number of aryl methyl sites for hydroxylation is 2. The van der Waals surface area contributed by atoms with Gasteiger partial charge in [0.1, 0.15) is 0 Å². The normalized spacial score (nSPS) is 15.0. The van der Waals surface area contributed by atoms with Crippen LogP contribution in [0.5, 0.6) is 0 Å². The molecule has 0 fully saturated rings. The average molecular weight is 688 g/mol. The third-order valence-corrected chi connectivity index (χ3v) is 5.47. The van der Waals surface area contributed by atoms with Crippen molar-refractivity contribution in [3.63, 3.8) is 0 Å². The van der Waals surface area contributed by atoms with E-state index in [1.165, 1.54) is 4.98 Å². The van der Waals surface area contributed by atoms with Crippen LogP contribution in [-0.2, 0) is 10.8 Å². The van der Waals surface area contributed by atoms with Crippen LogP contribution < -0.4 is 5.32 Å². The monoisotopic (exact) mass is 688 g/mol. The van der Waals surface area contributed by atoms with Gasteiger partial charge in [-0.25, -0.2) is 15.0 Å². The number of hydrogen-bond donors (Lipinski definition) is 1. The van der Waals surface area contributed by atoms with Gasteiger partial charge in [-0.2, -0.15) is 97.8 Å². The Labute approximate surface area is 227 Å². The molecule has 26 heteroatoms. The van der Waals surface area contributed by atoms with E-state index in [1.54, 1.807) is 0 Å². The number of anilines is 2. The highest BCUT2D eigenvalue weighted by Gasteiger charge is 2.92. The first-order valence-corrected chi connectivity index (χ1v) is 10.3. The van der Waals surface area contributed by atoms with Gasteiger partial charge < -0.3 is 0 Å². The smallest absolute Gasteiger partial charge is 0.292 e. The van der Waals surface area contributed by atoms with Gasteiger partial charge in [-0.1, -0.05) is 0 Å². The molecule has 2 aromatic rings. The Morgan fingerprint density at radius 3 is 1.00 bits per heavy atom. The van der Waals surface area contributed by atoms with Crippen LogP contribution in [0.25, 0.3) is 0 Å². The molecule has 2 rings (SSSR count). The number of hydrogen-bond acceptors (Lipinski definition) is 6. The molecule has 0 amide bonds. The minimum Gasteiger partial charge on any atom is -0.292 e. The van der Waals surface area contributed by atoms with Crippen LogP contribution in [0.1, 0.15) is 23.0 Å². The van der Waals surface area contributed by atoms with Crippen molar-refractivity contribution < 1.29 is 87.8 Å². The van der Waals surface area contributed by atoms with E-state index in [2.05, 4.69) is 9.97 Å². The van der Waals surface area contributed by atoms with Crippen molar-refractivity contribution in [1.29, 1.82) is 0 Å². The summed E-state index contributed by atoms with van der Waals surface area (Å²) in [5, 5.41) is 1.11. The Kier molecular flexibility index (Phi) is 8.56. The van der Waals surface area contributed by atoms with Gasteiger partial charge in [-0.15, -0.1) is 0 Å². The summed E-state index contributed by atoms with van der Waals surface area (Å²) in [6.45, 7) is 2.04. The maximum absolute atomic E-state index is 14.3. The van der Waals surface area contributed by atoms with Gasteiger partial charge in [0.15, 0.2) is 11.6 Å². The predicted molar refractivity (Wildman–Crippen MR) is 99.2 cm³/mol. The lowest BCUT2D eigenvalue weighted by Crippen LogP contribution is -2.70. The molecule has 0 saturated carbocycles. The molecule has 0 unspecified atom stereocenters. The van der Waals surface area contributed by atoms with E-state index in [1.807, 2.05) is 9.97 Å². The van der Waals surface area contributed by atoms with Crippen LogP contribution >= 0.6 is 0 Å². The van der Waals surface area contributed by atoms with Gasteiger partial charge >= 0.3 is 48.4 Å². The SMILES string of the molecule is Cc1cc(C)nc(Nc2nc(C(C(F)(F)F)(C(F)(F)F)C(F)(F)F)nc(C(C(F)(F)F)(C(F)(F)F)C(F)(F)C(F)(F)F)n2)n1. The van der Waals surface area contributed by atoms with Crippen LogP contribution in [0.2, 0.25) is 0 Å². The Hall–Kier alpha value is -3.51. The fraction of sp³-hybridized carbons (Fsp3) is 0.611. The van der Waals surface area contributed by atoms with Crippen molar-refractivity contribution in [3.05, 3.63) is 29.1 Å². The van der Waals surface area contributed by atoms with Crippen molar-refractivity contribution in [2.45, 2.75) is 67.7 Å². The maximum Gasteiger partial charge on any atom is 0.455 e. The molecule has 0 radical (unpaired) electrons. The second-order valence-electron chi connectivity index (χ2n) is 8.47. The van der Waals surface area contributed by atoms with Gasteiger partial charge in [-0.05, 0) is 19.9 Å². The number of halogens is 20. The molecule has 0 bridgehead atoms. The first kappa shape index (κ1) is 36.7. The van der Waals surface area contributed by atoms with Crippen LogP contribution in [0.15, 0.2) is 6.07 Å². The third kappa shape index (κ3) is 5.47. The summed E-state index contributed by atoms with van der Waals surface area (Å²) in [6, 6.07) is 1.01. The number of rotatable bonds is 5. The predicted octanol–water partition coefficient (Wildman–Crippen LogP) is 7.51. The molecule has 6 nitrogen and oxygen atoms in total. The van der Waals surface area contributed by atoms with Crippen LogP contribution in [0, 0.1) is 13.8 Å². The van der Waals surface area contributed by atoms with Crippen LogP contribution in [0.3, 0.4) is 0 Å². The summed E-state index contributed by atoms with van der Waals surface area (Å²) in [6.07, 6.45) is -48.1. The minimum atomic E-state index is -8.33. The standard InChI is InChI=1S/C18H8F20N6/c1-4-3-5(2)40-8(39-4)44-9-42-6(10(13(21,22)23,14(24,25)26)12(19,20)18(36,37)38)41-7(43-9)11(15(27,28)29,16(30,31)32)17(33,34)35/h3H,1-2H3,(H,39,40,41,42,43,44). The number of nitrogens with zero attached hydrogens (tertiary/aromatic N) is 5. The van der Waals surface area contributed by atoms with E-state index in [0.717, 1.165) is 25.2 Å². The zero-order chi connectivity index (χ0) is 34.9. The third-order valence-electron chi connectivity index (χ3n) is 5.47. The van der Waals surface area contributed by atoms with E-state index in [0.29, 0.717) is 0 Å². The first-order chi connectivity index (χ1) is 19.2. The van der Waals surface area contributed by atoms with Gasteiger partial charge in [-0.3, -0.25) is 5.32 Å². The Morgan fingerprint density at radius 1 is 0.409 bits per heavy atom. The second-order valence-corrected chi connectivity index (χ2v) is 8.47. The van der Waals surface area contributed by atoms with Crippen LogP contribution in [0.4, 0.5) is 99.7 Å². The molecule has 0 aliphatic heterocycles. The van der Waals surface area contributed by atoms with Gasteiger partial charge in [0.25, 0.3) is 5.41 Å². The topological polar surface area (TPSA) is 76.5 Å². The highest BCUT2D eigenvalue weighted by Crippen LogP contribution is 2.64. The number of alkyl halides is 20. The molecule has 0 atom stereocenters. The average Bonchev–Trinajstić information content (AvgIpc) is 2.66. The zero-order valence-electron chi connectivity index (χ0n) is 20.4. The van der Waals surface area contributed by atoms with Crippen molar-refractivity contribution in [1.82, 2.24) is 24.9 Å². The Bertz CT molecular complexity index is 1290. The first-order valence-electron chi connectivity index (χ1n) is 10.3.